The second kappa shape index (κ2) is 5.63. The van der Waals surface area contributed by atoms with Crippen molar-refractivity contribution in [2.24, 2.45) is 4.40 Å². The monoisotopic (exact) mass is 341 g/mol. The second-order valence-electron chi connectivity index (χ2n) is 3.72. The molecular formula is C13H9BrFNO2S. The molecule has 0 bridgehead atoms. The van der Waals surface area contributed by atoms with E-state index in [0.717, 1.165) is 16.6 Å². The van der Waals surface area contributed by atoms with Gasteiger partial charge in [-0.05, 0) is 42.0 Å². The molecule has 0 aliphatic rings. The van der Waals surface area contributed by atoms with Crippen LogP contribution in [-0.2, 0) is 10.0 Å². The quantitative estimate of drug-likeness (QED) is 0.803. The van der Waals surface area contributed by atoms with Crippen molar-refractivity contribution in [1.29, 1.82) is 0 Å². The van der Waals surface area contributed by atoms with E-state index in [1.807, 2.05) is 6.07 Å². The van der Waals surface area contributed by atoms with Crippen molar-refractivity contribution in [3.8, 4) is 0 Å². The minimum Gasteiger partial charge on any atom is -0.207 e. The molecular weight excluding hydrogens is 333 g/mol. The van der Waals surface area contributed by atoms with Crippen LogP contribution in [0.3, 0.4) is 0 Å². The minimum atomic E-state index is -3.80. The highest BCUT2D eigenvalue weighted by Crippen LogP contribution is 2.14. The van der Waals surface area contributed by atoms with Gasteiger partial charge in [0, 0.05) is 10.7 Å². The molecule has 0 aliphatic heterocycles. The van der Waals surface area contributed by atoms with Gasteiger partial charge in [-0.2, -0.15) is 12.8 Å². The Kier molecular flexibility index (Phi) is 4.11. The van der Waals surface area contributed by atoms with Crippen LogP contribution < -0.4 is 0 Å². The lowest BCUT2D eigenvalue weighted by molar-refractivity contribution is 0.597. The summed E-state index contributed by atoms with van der Waals surface area (Å²) in [5, 5.41) is 0. The largest absolute Gasteiger partial charge is 0.282 e. The third kappa shape index (κ3) is 3.71. The first kappa shape index (κ1) is 13.9. The van der Waals surface area contributed by atoms with E-state index in [2.05, 4.69) is 20.3 Å². The van der Waals surface area contributed by atoms with Gasteiger partial charge < -0.3 is 0 Å². The van der Waals surface area contributed by atoms with Crippen LogP contribution in [-0.4, -0.2) is 14.6 Å². The number of halogens is 2. The van der Waals surface area contributed by atoms with Gasteiger partial charge >= 0.3 is 0 Å². The number of hydrogen-bond donors (Lipinski definition) is 0. The molecule has 0 unspecified atom stereocenters. The molecule has 0 saturated carbocycles. The molecule has 0 saturated heterocycles. The molecule has 2 aromatic carbocycles. The fraction of sp³-hybridized carbons (Fsp3) is 0. The van der Waals surface area contributed by atoms with Crippen LogP contribution in [0.2, 0.25) is 0 Å². The molecule has 0 heterocycles. The van der Waals surface area contributed by atoms with Gasteiger partial charge in [0.2, 0.25) is 0 Å². The van der Waals surface area contributed by atoms with Crippen molar-refractivity contribution in [1.82, 2.24) is 0 Å². The Morgan fingerprint density at radius 2 is 1.79 bits per heavy atom. The maximum absolute atomic E-state index is 12.7. The zero-order chi connectivity index (χ0) is 13.9. The van der Waals surface area contributed by atoms with Crippen LogP contribution in [0.25, 0.3) is 0 Å². The van der Waals surface area contributed by atoms with E-state index in [4.69, 9.17) is 0 Å². The van der Waals surface area contributed by atoms with Crippen LogP contribution in [0, 0.1) is 5.82 Å². The zero-order valence-electron chi connectivity index (χ0n) is 9.62. The predicted octanol–water partition coefficient (Wildman–Crippen LogP) is 3.40. The Hall–Kier alpha value is -1.53. The third-order valence-electron chi connectivity index (χ3n) is 2.30. The first-order chi connectivity index (χ1) is 8.97. The fourth-order valence-electron chi connectivity index (χ4n) is 1.38. The Labute approximate surface area is 119 Å². The summed E-state index contributed by atoms with van der Waals surface area (Å²) in [6, 6.07) is 11.6. The van der Waals surface area contributed by atoms with Crippen molar-refractivity contribution in [2.45, 2.75) is 4.90 Å². The lowest BCUT2D eigenvalue weighted by Gasteiger charge is -1.98. The van der Waals surface area contributed by atoms with Gasteiger partial charge in [-0.3, -0.25) is 0 Å². The molecule has 98 valence electrons. The predicted molar refractivity (Wildman–Crippen MR) is 75.3 cm³/mol. The van der Waals surface area contributed by atoms with E-state index in [0.29, 0.717) is 5.56 Å². The number of hydrogen-bond acceptors (Lipinski definition) is 2. The highest BCUT2D eigenvalue weighted by atomic mass is 79.9. The van der Waals surface area contributed by atoms with Gasteiger partial charge in [0.1, 0.15) is 5.82 Å². The topological polar surface area (TPSA) is 46.5 Å². The first-order valence-corrected chi connectivity index (χ1v) is 7.52. The number of sulfonamides is 1. The molecule has 19 heavy (non-hydrogen) atoms. The van der Waals surface area contributed by atoms with E-state index in [9.17, 15) is 12.8 Å². The Morgan fingerprint density at radius 1 is 1.11 bits per heavy atom. The summed E-state index contributed by atoms with van der Waals surface area (Å²) < 4.78 is 40.9. The zero-order valence-corrected chi connectivity index (χ0v) is 12.0. The maximum Gasteiger partial charge on any atom is 0.282 e. The molecule has 0 amide bonds. The number of nitrogens with zero attached hydrogens (tertiary/aromatic N) is 1. The van der Waals surface area contributed by atoms with E-state index >= 15 is 0 Å². The average molecular weight is 342 g/mol. The van der Waals surface area contributed by atoms with E-state index in [-0.39, 0.29) is 4.90 Å². The molecule has 6 heteroatoms. The van der Waals surface area contributed by atoms with Gasteiger partial charge in [0.25, 0.3) is 10.0 Å². The molecule has 0 atom stereocenters. The Morgan fingerprint density at radius 3 is 2.42 bits per heavy atom. The summed E-state index contributed by atoms with van der Waals surface area (Å²) >= 11 is 3.28. The van der Waals surface area contributed by atoms with Crippen molar-refractivity contribution in [3.05, 3.63) is 64.4 Å². The van der Waals surface area contributed by atoms with Gasteiger partial charge in [0.05, 0.1) is 4.90 Å². The molecule has 0 fully saturated rings. The van der Waals surface area contributed by atoms with Crippen LogP contribution in [0.15, 0.2) is 62.3 Å². The number of benzene rings is 2. The summed E-state index contributed by atoms with van der Waals surface area (Å²) in [6.07, 6.45) is 1.25. The summed E-state index contributed by atoms with van der Waals surface area (Å²) in [7, 11) is -3.80. The SMILES string of the molecule is O=S(=O)(N=Cc1cccc(Br)c1)c1ccc(F)cc1. The van der Waals surface area contributed by atoms with Crippen molar-refractivity contribution in [2.75, 3.05) is 0 Å². The molecule has 0 N–H and O–H groups in total. The van der Waals surface area contributed by atoms with Gasteiger partial charge in [-0.1, -0.05) is 28.1 Å². The van der Waals surface area contributed by atoms with Gasteiger partial charge in [-0.15, -0.1) is 0 Å². The second-order valence-corrected chi connectivity index (χ2v) is 6.27. The lowest BCUT2D eigenvalue weighted by Crippen LogP contribution is -1.97. The van der Waals surface area contributed by atoms with Crippen molar-refractivity contribution in [3.63, 3.8) is 0 Å². The summed E-state index contributed by atoms with van der Waals surface area (Å²) in [4.78, 5) is -0.0415. The highest BCUT2D eigenvalue weighted by Gasteiger charge is 2.11. The van der Waals surface area contributed by atoms with Crippen molar-refractivity contribution >= 4 is 32.2 Å². The highest BCUT2D eigenvalue weighted by molar-refractivity contribution is 9.10. The van der Waals surface area contributed by atoms with Crippen LogP contribution in [0.1, 0.15) is 5.56 Å². The van der Waals surface area contributed by atoms with Gasteiger partial charge in [-0.25, -0.2) is 4.39 Å². The molecule has 0 spiro atoms. The van der Waals surface area contributed by atoms with E-state index in [1.165, 1.54) is 18.3 Å². The van der Waals surface area contributed by atoms with Crippen LogP contribution in [0.5, 0.6) is 0 Å². The lowest BCUT2D eigenvalue weighted by atomic mass is 10.2. The Bertz CT molecular complexity index is 712. The Balaban J connectivity index is 2.29. The smallest absolute Gasteiger partial charge is 0.207 e. The molecule has 2 rings (SSSR count). The normalized spacial score (nSPS) is 11.9. The minimum absolute atomic E-state index is 0.0415. The van der Waals surface area contributed by atoms with Crippen molar-refractivity contribution < 1.29 is 12.8 Å². The summed E-state index contributed by atoms with van der Waals surface area (Å²) in [5.74, 6) is -0.491. The first-order valence-electron chi connectivity index (χ1n) is 5.29. The summed E-state index contributed by atoms with van der Waals surface area (Å²) in [5.41, 5.74) is 0.653. The van der Waals surface area contributed by atoms with E-state index < -0.39 is 15.8 Å². The molecule has 0 radical (unpaired) electrons. The summed E-state index contributed by atoms with van der Waals surface area (Å²) in [6.45, 7) is 0. The average Bonchev–Trinajstić information content (AvgIpc) is 2.37. The fourth-order valence-corrected chi connectivity index (χ4v) is 2.66. The standard InChI is InChI=1S/C13H9BrFNO2S/c14-11-3-1-2-10(8-11)9-16-19(17,18)13-6-4-12(15)5-7-13/h1-9H. The van der Waals surface area contributed by atoms with Gasteiger partial charge in [0.15, 0.2) is 0 Å². The van der Waals surface area contributed by atoms with E-state index in [1.54, 1.807) is 18.2 Å². The molecule has 0 aromatic heterocycles. The number of rotatable bonds is 3. The molecule has 2 aromatic rings. The van der Waals surface area contributed by atoms with Crippen LogP contribution >= 0.6 is 15.9 Å². The molecule has 0 aliphatic carbocycles. The van der Waals surface area contributed by atoms with Crippen LogP contribution in [0.4, 0.5) is 4.39 Å². The maximum atomic E-state index is 12.7. The molecule has 3 nitrogen and oxygen atoms in total. The third-order valence-corrected chi connectivity index (χ3v) is 4.04.